The Hall–Kier alpha value is -1.37. The first-order valence-corrected chi connectivity index (χ1v) is 8.98. The van der Waals surface area contributed by atoms with E-state index in [1.54, 1.807) is 4.90 Å². The van der Waals surface area contributed by atoms with Crippen molar-refractivity contribution in [2.45, 2.75) is 0 Å². The Labute approximate surface area is 144 Å². The first-order chi connectivity index (χ1) is 11.3. The van der Waals surface area contributed by atoms with Gasteiger partial charge in [-0.1, -0.05) is 18.2 Å². The second-order valence-electron chi connectivity index (χ2n) is 6.15. The van der Waals surface area contributed by atoms with Gasteiger partial charge in [-0.25, -0.2) is 0 Å². The topological polar surface area (TPSA) is 32.2 Å². The van der Waals surface area contributed by atoms with Gasteiger partial charge in [0.1, 0.15) is 13.1 Å². The molecule has 0 atom stereocenters. The summed E-state index contributed by atoms with van der Waals surface area (Å²) in [5.41, 5.74) is 1.31. The first-order valence-electron chi connectivity index (χ1n) is 8.57. The van der Waals surface area contributed by atoms with Gasteiger partial charge in [-0.15, -0.1) is 0 Å². The molecule has 3 rings (SSSR count). The van der Waals surface area contributed by atoms with E-state index < -0.39 is 0 Å². The summed E-state index contributed by atoms with van der Waals surface area (Å²) in [6, 6.07) is 10.6. The van der Waals surface area contributed by atoms with Crippen LogP contribution in [0.4, 0.5) is 5.69 Å². The van der Waals surface area contributed by atoms with Crippen LogP contribution in [0.25, 0.3) is 0 Å². The largest absolute Gasteiger partial charge is 0.370 e. The second kappa shape index (κ2) is 8.47. The van der Waals surface area contributed by atoms with Gasteiger partial charge < -0.3 is 24.8 Å². The van der Waals surface area contributed by atoms with Crippen molar-refractivity contribution >= 4 is 23.0 Å². The third-order valence-corrected chi connectivity index (χ3v) is 5.05. The fraction of sp³-hybridized carbons (Fsp3) is 0.588. The summed E-state index contributed by atoms with van der Waals surface area (Å²) >= 11 is 5.56. The van der Waals surface area contributed by atoms with Gasteiger partial charge in [0.2, 0.25) is 0 Å². The van der Waals surface area contributed by atoms with Gasteiger partial charge in [0.25, 0.3) is 0 Å². The zero-order valence-corrected chi connectivity index (χ0v) is 14.5. The molecule has 2 aliphatic rings. The molecule has 0 bridgehead atoms. The monoisotopic (exact) mass is 335 g/mol. The number of rotatable bonds is 4. The van der Waals surface area contributed by atoms with Gasteiger partial charge in [-0.05, 0) is 24.4 Å². The molecule has 6 heteroatoms. The standard InChI is InChI=1S/C17H26N4OS/c23-17(18-6-7-19-12-14-22-15-13-19)21-10-8-20(9-11-21)16-4-2-1-3-5-16/h1-5H,6-15H2,(H,18,23)/p+1. The van der Waals surface area contributed by atoms with Crippen LogP contribution in [0, 0.1) is 0 Å². The number of thiocarbonyl (C=S) groups is 1. The summed E-state index contributed by atoms with van der Waals surface area (Å²) in [5.74, 6) is 0. The highest BCUT2D eigenvalue weighted by molar-refractivity contribution is 7.80. The van der Waals surface area contributed by atoms with Crippen molar-refractivity contribution in [3.63, 3.8) is 0 Å². The van der Waals surface area contributed by atoms with E-state index >= 15 is 0 Å². The van der Waals surface area contributed by atoms with Crippen LogP contribution in [-0.2, 0) is 4.74 Å². The van der Waals surface area contributed by atoms with Gasteiger partial charge in [-0.3, -0.25) is 0 Å². The number of benzene rings is 1. The van der Waals surface area contributed by atoms with Gasteiger partial charge in [0, 0.05) is 31.9 Å². The van der Waals surface area contributed by atoms with Crippen LogP contribution in [-0.4, -0.2) is 75.6 Å². The number of anilines is 1. The van der Waals surface area contributed by atoms with E-state index in [2.05, 4.69) is 45.4 Å². The molecule has 1 aromatic carbocycles. The smallest absolute Gasteiger partial charge is 0.169 e. The molecular weight excluding hydrogens is 308 g/mol. The van der Waals surface area contributed by atoms with Crippen LogP contribution in [0.15, 0.2) is 30.3 Å². The van der Waals surface area contributed by atoms with Crippen LogP contribution in [0.1, 0.15) is 0 Å². The van der Waals surface area contributed by atoms with Crippen molar-refractivity contribution in [3.05, 3.63) is 30.3 Å². The molecule has 0 aromatic heterocycles. The number of hydrogen-bond donors (Lipinski definition) is 2. The Morgan fingerprint density at radius 2 is 1.78 bits per heavy atom. The van der Waals surface area contributed by atoms with Gasteiger partial charge in [0.05, 0.1) is 26.3 Å². The summed E-state index contributed by atoms with van der Waals surface area (Å²) in [6.07, 6.45) is 0. The average Bonchev–Trinajstić information content (AvgIpc) is 2.63. The van der Waals surface area contributed by atoms with Crippen LogP contribution in [0.3, 0.4) is 0 Å². The molecule has 0 spiro atoms. The average molecular weight is 335 g/mol. The van der Waals surface area contributed by atoms with Crippen molar-refractivity contribution in [1.82, 2.24) is 10.2 Å². The highest BCUT2D eigenvalue weighted by atomic mass is 32.1. The van der Waals surface area contributed by atoms with E-state index in [1.807, 2.05) is 0 Å². The SMILES string of the molecule is S=C(NCC[NH+]1CCOCC1)N1CCN(c2ccccc2)CC1. The molecule has 0 unspecified atom stereocenters. The van der Waals surface area contributed by atoms with Gasteiger partial charge in [0.15, 0.2) is 5.11 Å². The lowest BCUT2D eigenvalue weighted by molar-refractivity contribution is -0.906. The second-order valence-corrected chi connectivity index (χ2v) is 6.54. The fourth-order valence-corrected chi connectivity index (χ4v) is 3.46. The number of ether oxygens (including phenoxy) is 1. The number of hydrogen-bond acceptors (Lipinski definition) is 3. The van der Waals surface area contributed by atoms with Crippen LogP contribution in [0.2, 0.25) is 0 Å². The van der Waals surface area contributed by atoms with E-state index in [-0.39, 0.29) is 0 Å². The lowest BCUT2D eigenvalue weighted by Gasteiger charge is -2.37. The van der Waals surface area contributed by atoms with E-state index in [1.165, 1.54) is 5.69 Å². The molecule has 2 saturated heterocycles. The Kier molecular flexibility index (Phi) is 6.07. The predicted octanol–water partition coefficient (Wildman–Crippen LogP) is -0.402. The molecule has 0 amide bonds. The van der Waals surface area contributed by atoms with Crippen molar-refractivity contribution < 1.29 is 9.64 Å². The minimum atomic E-state index is 0.890. The molecule has 2 heterocycles. The Bertz CT molecular complexity index is 485. The summed E-state index contributed by atoms with van der Waals surface area (Å²) in [5, 5.41) is 4.34. The van der Waals surface area contributed by atoms with Crippen LogP contribution < -0.4 is 15.1 Å². The first kappa shape index (κ1) is 16.5. The molecule has 126 valence electrons. The molecule has 5 nitrogen and oxygen atoms in total. The number of morpholine rings is 1. The van der Waals surface area contributed by atoms with E-state index in [4.69, 9.17) is 17.0 Å². The van der Waals surface area contributed by atoms with E-state index in [0.717, 1.165) is 70.7 Å². The molecule has 0 radical (unpaired) electrons. The predicted molar refractivity (Wildman–Crippen MR) is 97.2 cm³/mol. The van der Waals surface area contributed by atoms with Crippen molar-refractivity contribution in [2.75, 3.05) is 70.5 Å². The van der Waals surface area contributed by atoms with Crippen LogP contribution >= 0.6 is 12.2 Å². The van der Waals surface area contributed by atoms with Crippen molar-refractivity contribution in [2.24, 2.45) is 0 Å². The van der Waals surface area contributed by atoms with Crippen molar-refractivity contribution in [1.29, 1.82) is 0 Å². The maximum atomic E-state index is 5.56. The number of piperazine rings is 1. The number of para-hydroxylation sites is 1. The number of nitrogens with zero attached hydrogens (tertiary/aromatic N) is 2. The third-order valence-electron chi connectivity index (χ3n) is 4.64. The summed E-state index contributed by atoms with van der Waals surface area (Å²) in [7, 11) is 0. The molecule has 1 aromatic rings. The fourth-order valence-electron chi connectivity index (χ4n) is 3.17. The summed E-state index contributed by atoms with van der Waals surface area (Å²) in [6.45, 7) is 10.1. The molecule has 0 aliphatic carbocycles. The maximum absolute atomic E-state index is 5.56. The minimum absolute atomic E-state index is 0.890. The Morgan fingerprint density at radius 3 is 2.48 bits per heavy atom. The lowest BCUT2D eigenvalue weighted by atomic mass is 10.2. The van der Waals surface area contributed by atoms with Crippen molar-refractivity contribution in [3.8, 4) is 0 Å². The zero-order valence-electron chi connectivity index (χ0n) is 13.7. The van der Waals surface area contributed by atoms with Crippen LogP contribution in [0.5, 0.6) is 0 Å². The summed E-state index contributed by atoms with van der Waals surface area (Å²) in [4.78, 5) is 6.33. The third kappa shape index (κ3) is 4.80. The molecule has 0 saturated carbocycles. The summed E-state index contributed by atoms with van der Waals surface area (Å²) < 4.78 is 5.39. The Morgan fingerprint density at radius 1 is 1.09 bits per heavy atom. The molecule has 2 fully saturated rings. The molecule has 23 heavy (non-hydrogen) atoms. The lowest BCUT2D eigenvalue weighted by Crippen LogP contribution is -3.14. The van der Waals surface area contributed by atoms with Gasteiger partial charge in [-0.2, -0.15) is 0 Å². The minimum Gasteiger partial charge on any atom is -0.370 e. The Balaban J connectivity index is 1.36. The van der Waals surface area contributed by atoms with E-state index in [9.17, 15) is 0 Å². The molecule has 2 N–H and O–H groups in total. The normalized spacial score (nSPS) is 19.7. The quantitative estimate of drug-likeness (QED) is 0.732. The molecular formula is C17H27N4OS+. The number of quaternary nitrogens is 1. The van der Waals surface area contributed by atoms with E-state index in [0.29, 0.717) is 0 Å². The highest BCUT2D eigenvalue weighted by Crippen LogP contribution is 2.15. The van der Waals surface area contributed by atoms with Gasteiger partial charge >= 0.3 is 0 Å². The maximum Gasteiger partial charge on any atom is 0.169 e. The zero-order chi connectivity index (χ0) is 15.9. The number of nitrogens with one attached hydrogen (secondary N) is 2. The highest BCUT2D eigenvalue weighted by Gasteiger charge is 2.19. The molecule has 2 aliphatic heterocycles.